The molecule has 3 nitrogen and oxygen atoms in total. The maximum atomic E-state index is 11.9. The average molecular weight is 234 g/mol. The van der Waals surface area contributed by atoms with E-state index >= 15 is 0 Å². The van der Waals surface area contributed by atoms with Gasteiger partial charge in [-0.25, -0.2) is 0 Å². The lowest BCUT2D eigenvalue weighted by molar-refractivity contribution is -0.274. The van der Waals surface area contributed by atoms with Crippen molar-refractivity contribution in [1.29, 1.82) is 0 Å². The largest absolute Gasteiger partial charge is 0.573 e. The molecular weight excluding hydrogens is 225 g/mol. The first-order valence-electron chi connectivity index (χ1n) is 4.43. The molecule has 6 heteroatoms. The van der Waals surface area contributed by atoms with E-state index in [0.29, 0.717) is 6.29 Å². The summed E-state index contributed by atoms with van der Waals surface area (Å²) in [5, 5.41) is 0. The van der Waals surface area contributed by atoms with E-state index in [-0.39, 0.29) is 24.5 Å². The Hall–Kier alpha value is -1.72. The van der Waals surface area contributed by atoms with Gasteiger partial charge in [-0.1, -0.05) is 6.07 Å². The number of alkyl halides is 3. The zero-order valence-corrected chi connectivity index (χ0v) is 8.16. The van der Waals surface area contributed by atoms with Gasteiger partial charge in [0.1, 0.15) is 17.8 Å². The Balaban J connectivity index is 2.60. The van der Waals surface area contributed by atoms with Crippen molar-refractivity contribution in [3.05, 3.63) is 24.3 Å². The zero-order valence-electron chi connectivity index (χ0n) is 8.16. The summed E-state index contributed by atoms with van der Waals surface area (Å²) in [5.41, 5.74) is 0. The Morgan fingerprint density at radius 2 is 1.94 bits per heavy atom. The summed E-state index contributed by atoms with van der Waals surface area (Å²) >= 11 is 0. The van der Waals surface area contributed by atoms with Crippen molar-refractivity contribution in [3.63, 3.8) is 0 Å². The third kappa shape index (κ3) is 4.68. The quantitative estimate of drug-likeness (QED) is 0.580. The fraction of sp³-hybridized carbons (Fsp3) is 0.300. The average Bonchev–Trinajstić information content (AvgIpc) is 2.16. The SMILES string of the molecule is O=CCCOc1cccc(OC(F)(F)F)c1. The molecule has 0 aliphatic carbocycles. The summed E-state index contributed by atoms with van der Waals surface area (Å²) in [4.78, 5) is 10.00. The lowest BCUT2D eigenvalue weighted by Crippen LogP contribution is -2.17. The first-order chi connectivity index (χ1) is 7.51. The number of rotatable bonds is 5. The van der Waals surface area contributed by atoms with Crippen LogP contribution in [0, 0.1) is 0 Å². The van der Waals surface area contributed by atoms with Crippen LogP contribution >= 0.6 is 0 Å². The maximum absolute atomic E-state index is 11.9. The highest BCUT2D eigenvalue weighted by Crippen LogP contribution is 2.25. The first kappa shape index (κ1) is 12.4. The van der Waals surface area contributed by atoms with E-state index in [2.05, 4.69) is 4.74 Å². The number of hydrogen-bond donors (Lipinski definition) is 0. The molecule has 0 saturated carbocycles. The second kappa shape index (κ2) is 5.39. The normalized spacial score (nSPS) is 10.9. The van der Waals surface area contributed by atoms with Gasteiger partial charge < -0.3 is 14.3 Å². The van der Waals surface area contributed by atoms with Crippen LogP contribution in [-0.4, -0.2) is 19.3 Å². The number of ether oxygens (including phenoxy) is 2. The predicted octanol–water partition coefficient (Wildman–Crippen LogP) is 2.55. The van der Waals surface area contributed by atoms with Crippen molar-refractivity contribution in [1.82, 2.24) is 0 Å². The number of benzene rings is 1. The monoisotopic (exact) mass is 234 g/mol. The van der Waals surface area contributed by atoms with Gasteiger partial charge in [-0.3, -0.25) is 0 Å². The molecule has 16 heavy (non-hydrogen) atoms. The first-order valence-corrected chi connectivity index (χ1v) is 4.43. The van der Waals surface area contributed by atoms with Crippen molar-refractivity contribution >= 4 is 6.29 Å². The van der Waals surface area contributed by atoms with Crippen molar-refractivity contribution < 1.29 is 27.4 Å². The third-order valence-electron chi connectivity index (χ3n) is 1.54. The van der Waals surface area contributed by atoms with Crippen LogP contribution in [-0.2, 0) is 4.79 Å². The van der Waals surface area contributed by atoms with Gasteiger partial charge in [0, 0.05) is 12.5 Å². The molecule has 1 rings (SSSR count). The van der Waals surface area contributed by atoms with Crippen molar-refractivity contribution in [2.45, 2.75) is 12.8 Å². The Bertz CT molecular complexity index is 349. The molecule has 0 N–H and O–H groups in total. The van der Waals surface area contributed by atoms with E-state index in [9.17, 15) is 18.0 Å². The Labute approximate surface area is 89.8 Å². The van der Waals surface area contributed by atoms with Crippen LogP contribution in [0.2, 0.25) is 0 Å². The summed E-state index contributed by atoms with van der Waals surface area (Å²) in [6.07, 6.45) is -3.87. The highest BCUT2D eigenvalue weighted by molar-refractivity contribution is 5.49. The van der Waals surface area contributed by atoms with Gasteiger partial charge in [-0.15, -0.1) is 13.2 Å². The summed E-state index contributed by atoms with van der Waals surface area (Å²) in [6.45, 7) is 0.124. The van der Waals surface area contributed by atoms with Crippen molar-refractivity contribution in [2.75, 3.05) is 6.61 Å². The van der Waals surface area contributed by atoms with Gasteiger partial charge in [-0.2, -0.15) is 0 Å². The minimum absolute atomic E-state index is 0.124. The molecule has 0 aliphatic rings. The van der Waals surface area contributed by atoms with E-state index in [1.54, 1.807) is 0 Å². The standard InChI is InChI=1S/C10H9F3O3/c11-10(12,13)16-9-4-1-3-8(7-9)15-6-2-5-14/h1,3-5,7H,2,6H2. The highest BCUT2D eigenvalue weighted by Gasteiger charge is 2.31. The molecule has 0 saturated heterocycles. The van der Waals surface area contributed by atoms with E-state index < -0.39 is 6.36 Å². The zero-order chi connectivity index (χ0) is 12.0. The third-order valence-corrected chi connectivity index (χ3v) is 1.54. The molecule has 1 aromatic carbocycles. The lowest BCUT2D eigenvalue weighted by Gasteiger charge is -2.10. The van der Waals surface area contributed by atoms with E-state index in [1.165, 1.54) is 18.2 Å². The summed E-state index contributed by atoms with van der Waals surface area (Å²) in [5.74, 6) is -0.125. The Morgan fingerprint density at radius 1 is 1.25 bits per heavy atom. The predicted molar refractivity (Wildman–Crippen MR) is 49.3 cm³/mol. The minimum atomic E-state index is -4.72. The second-order valence-corrected chi connectivity index (χ2v) is 2.83. The lowest BCUT2D eigenvalue weighted by atomic mass is 10.3. The molecule has 0 unspecified atom stereocenters. The maximum Gasteiger partial charge on any atom is 0.573 e. The van der Waals surface area contributed by atoms with Crippen LogP contribution in [0.3, 0.4) is 0 Å². The molecule has 0 fully saturated rings. The fourth-order valence-electron chi connectivity index (χ4n) is 0.986. The number of carbonyl (C=O) groups is 1. The molecule has 0 atom stereocenters. The number of halogens is 3. The number of hydrogen-bond acceptors (Lipinski definition) is 3. The molecule has 0 spiro atoms. The van der Waals surface area contributed by atoms with Crippen LogP contribution < -0.4 is 9.47 Å². The summed E-state index contributed by atoms with van der Waals surface area (Å²) in [6, 6.07) is 5.13. The van der Waals surface area contributed by atoms with Crippen molar-refractivity contribution in [3.8, 4) is 11.5 Å². The van der Waals surface area contributed by atoms with Crippen molar-refractivity contribution in [2.24, 2.45) is 0 Å². The van der Waals surface area contributed by atoms with Gasteiger partial charge in [0.2, 0.25) is 0 Å². The smallest absolute Gasteiger partial charge is 0.493 e. The molecule has 0 heterocycles. The van der Waals surface area contributed by atoms with Gasteiger partial charge >= 0.3 is 6.36 Å². The molecule has 0 aliphatic heterocycles. The van der Waals surface area contributed by atoms with Gasteiger partial charge in [-0.05, 0) is 12.1 Å². The van der Waals surface area contributed by atoms with Crippen LogP contribution in [0.1, 0.15) is 6.42 Å². The van der Waals surface area contributed by atoms with Crippen LogP contribution in [0.5, 0.6) is 11.5 Å². The van der Waals surface area contributed by atoms with E-state index in [4.69, 9.17) is 4.74 Å². The molecular formula is C10H9F3O3. The van der Waals surface area contributed by atoms with Gasteiger partial charge in [0.25, 0.3) is 0 Å². The van der Waals surface area contributed by atoms with Gasteiger partial charge in [0.05, 0.1) is 6.61 Å². The highest BCUT2D eigenvalue weighted by atomic mass is 19.4. The number of aldehydes is 1. The second-order valence-electron chi connectivity index (χ2n) is 2.83. The summed E-state index contributed by atoms with van der Waals surface area (Å²) in [7, 11) is 0. The van der Waals surface area contributed by atoms with Crippen LogP contribution in [0.15, 0.2) is 24.3 Å². The summed E-state index contributed by atoms with van der Waals surface area (Å²) < 4.78 is 44.3. The molecule has 0 radical (unpaired) electrons. The Morgan fingerprint density at radius 3 is 2.56 bits per heavy atom. The Kier molecular flexibility index (Phi) is 4.16. The van der Waals surface area contributed by atoms with E-state index in [1.807, 2.05) is 0 Å². The number of carbonyl (C=O) groups excluding carboxylic acids is 1. The topological polar surface area (TPSA) is 35.5 Å². The van der Waals surface area contributed by atoms with E-state index in [0.717, 1.165) is 6.07 Å². The molecule has 0 bridgehead atoms. The van der Waals surface area contributed by atoms with Crippen LogP contribution in [0.25, 0.3) is 0 Å². The fourth-order valence-corrected chi connectivity index (χ4v) is 0.986. The van der Waals surface area contributed by atoms with Gasteiger partial charge in [0.15, 0.2) is 0 Å². The minimum Gasteiger partial charge on any atom is -0.493 e. The molecule has 0 aromatic heterocycles. The molecule has 1 aromatic rings. The van der Waals surface area contributed by atoms with Crippen LogP contribution in [0.4, 0.5) is 13.2 Å². The molecule has 0 amide bonds. The molecule has 88 valence electrons.